The predicted molar refractivity (Wildman–Crippen MR) is 74.2 cm³/mol. The number of aryl methyl sites for hydroxylation is 2. The van der Waals surface area contributed by atoms with Crippen LogP contribution < -0.4 is 0 Å². The van der Waals surface area contributed by atoms with Crippen LogP contribution in [0.3, 0.4) is 0 Å². The van der Waals surface area contributed by atoms with Crippen LogP contribution in [0.5, 0.6) is 0 Å². The third-order valence-electron chi connectivity index (χ3n) is 3.51. The monoisotopic (exact) mass is 271 g/mol. The molecule has 2 heterocycles. The lowest BCUT2D eigenvalue weighted by molar-refractivity contribution is 0.275. The molecule has 1 aromatic carbocycles. The minimum atomic E-state index is -0.521. The average Bonchev–Trinajstić information content (AvgIpc) is 2.82. The summed E-state index contributed by atoms with van der Waals surface area (Å²) in [6.45, 7) is 3.66. The number of hydrogen-bond acceptors (Lipinski definition) is 3. The fourth-order valence-corrected chi connectivity index (χ4v) is 2.19. The number of pyridine rings is 1. The maximum absolute atomic E-state index is 14.3. The lowest BCUT2D eigenvalue weighted by atomic mass is 10.1. The van der Waals surface area contributed by atoms with Crippen LogP contribution in [0.4, 0.5) is 4.39 Å². The molecule has 2 aromatic heterocycles. The lowest BCUT2D eigenvalue weighted by Crippen LogP contribution is -2.03. The summed E-state index contributed by atoms with van der Waals surface area (Å²) in [5, 5.41) is 9.14. The molecule has 0 amide bonds. The Morgan fingerprint density at radius 1 is 1.20 bits per heavy atom. The average molecular weight is 271 g/mol. The van der Waals surface area contributed by atoms with Gasteiger partial charge in [-0.1, -0.05) is 0 Å². The number of aliphatic hydroxyl groups is 1. The van der Waals surface area contributed by atoms with Gasteiger partial charge in [-0.2, -0.15) is 0 Å². The van der Waals surface area contributed by atoms with E-state index in [9.17, 15) is 4.39 Å². The molecule has 0 saturated carbocycles. The molecule has 102 valence electrons. The van der Waals surface area contributed by atoms with E-state index in [-0.39, 0.29) is 18.0 Å². The van der Waals surface area contributed by atoms with Crippen molar-refractivity contribution in [1.29, 1.82) is 0 Å². The Balaban J connectivity index is 2.28. The fourth-order valence-electron chi connectivity index (χ4n) is 2.19. The number of hydrogen-bond donors (Lipinski definition) is 1. The topological polar surface area (TPSA) is 50.9 Å². The number of aliphatic hydroxyl groups excluding tert-OH is 1. The summed E-state index contributed by atoms with van der Waals surface area (Å²) in [4.78, 5) is 8.36. The molecular formula is C15H14FN3O. The minimum Gasteiger partial charge on any atom is -0.392 e. The van der Waals surface area contributed by atoms with Crippen LogP contribution in [0.1, 0.15) is 16.7 Å². The molecule has 3 aromatic rings. The second-order valence-corrected chi connectivity index (χ2v) is 4.81. The van der Waals surface area contributed by atoms with Crippen LogP contribution in [0.2, 0.25) is 0 Å². The first kappa shape index (κ1) is 12.7. The quantitative estimate of drug-likeness (QED) is 0.779. The molecule has 4 nitrogen and oxygen atoms in total. The van der Waals surface area contributed by atoms with E-state index in [1.807, 2.05) is 26.0 Å². The molecule has 0 bridgehead atoms. The molecular weight excluding hydrogens is 257 g/mol. The highest BCUT2D eigenvalue weighted by molar-refractivity contribution is 5.79. The van der Waals surface area contributed by atoms with Crippen LogP contribution in [0.25, 0.3) is 16.9 Å². The van der Waals surface area contributed by atoms with Gasteiger partial charge in [0.1, 0.15) is 6.33 Å². The Morgan fingerprint density at radius 3 is 2.70 bits per heavy atom. The van der Waals surface area contributed by atoms with E-state index in [0.29, 0.717) is 0 Å². The van der Waals surface area contributed by atoms with Gasteiger partial charge in [0.2, 0.25) is 0 Å². The van der Waals surface area contributed by atoms with Gasteiger partial charge in [-0.3, -0.25) is 4.57 Å². The summed E-state index contributed by atoms with van der Waals surface area (Å²) in [5.74, 6) is -0.366. The first-order chi connectivity index (χ1) is 9.61. The van der Waals surface area contributed by atoms with Crippen molar-refractivity contribution in [2.75, 3.05) is 0 Å². The van der Waals surface area contributed by atoms with Crippen LogP contribution in [-0.4, -0.2) is 19.6 Å². The van der Waals surface area contributed by atoms with Crippen molar-refractivity contribution >= 4 is 11.0 Å². The maximum Gasteiger partial charge on any atom is 0.175 e. The summed E-state index contributed by atoms with van der Waals surface area (Å²) >= 11 is 0. The molecule has 5 heteroatoms. The van der Waals surface area contributed by atoms with E-state index in [4.69, 9.17) is 5.11 Å². The summed E-state index contributed by atoms with van der Waals surface area (Å²) in [6, 6.07) is 5.40. The highest BCUT2D eigenvalue weighted by Crippen LogP contribution is 2.23. The predicted octanol–water partition coefficient (Wildman–Crippen LogP) is 2.67. The van der Waals surface area contributed by atoms with E-state index < -0.39 is 5.82 Å². The largest absolute Gasteiger partial charge is 0.392 e. The zero-order chi connectivity index (χ0) is 14.3. The second kappa shape index (κ2) is 4.68. The highest BCUT2D eigenvalue weighted by Gasteiger charge is 2.14. The van der Waals surface area contributed by atoms with Gasteiger partial charge >= 0.3 is 0 Å². The summed E-state index contributed by atoms with van der Waals surface area (Å²) in [6.07, 6.45) is 3.03. The Hall–Kier alpha value is -2.27. The number of nitrogens with zero attached hydrogens (tertiary/aromatic N) is 3. The molecule has 0 unspecified atom stereocenters. The normalized spacial score (nSPS) is 11.2. The van der Waals surface area contributed by atoms with Gasteiger partial charge in [0, 0.05) is 11.8 Å². The van der Waals surface area contributed by atoms with Gasteiger partial charge in [0.05, 0.1) is 17.6 Å². The smallest absolute Gasteiger partial charge is 0.175 e. The van der Waals surface area contributed by atoms with Gasteiger partial charge in [0.25, 0.3) is 0 Å². The zero-order valence-corrected chi connectivity index (χ0v) is 11.3. The molecule has 0 saturated heterocycles. The second-order valence-electron chi connectivity index (χ2n) is 4.81. The molecule has 0 aliphatic carbocycles. The van der Waals surface area contributed by atoms with E-state index in [0.717, 1.165) is 22.2 Å². The summed E-state index contributed by atoms with van der Waals surface area (Å²) in [7, 11) is 0. The molecule has 0 spiro atoms. The number of halogens is 1. The molecule has 1 N–H and O–H groups in total. The van der Waals surface area contributed by atoms with Gasteiger partial charge in [-0.05, 0) is 43.2 Å². The molecule has 20 heavy (non-hydrogen) atoms. The van der Waals surface area contributed by atoms with Crippen molar-refractivity contribution in [1.82, 2.24) is 14.5 Å². The molecule has 0 radical (unpaired) electrons. The molecule has 0 aliphatic rings. The number of aromatic nitrogens is 3. The fraction of sp³-hybridized carbons (Fsp3) is 0.200. The van der Waals surface area contributed by atoms with E-state index in [1.54, 1.807) is 10.9 Å². The van der Waals surface area contributed by atoms with Crippen molar-refractivity contribution in [2.45, 2.75) is 20.5 Å². The van der Waals surface area contributed by atoms with Crippen LogP contribution >= 0.6 is 0 Å². The van der Waals surface area contributed by atoms with Crippen molar-refractivity contribution in [3.63, 3.8) is 0 Å². The standard InChI is InChI=1S/C15H14FN3O/c1-9-5-12-13(6-10(9)2)19(8-18-12)15-14(16)11(7-20)3-4-17-15/h3-6,8,20H,7H2,1-2H3. The highest BCUT2D eigenvalue weighted by atomic mass is 19.1. The SMILES string of the molecule is Cc1cc2ncn(-c3nccc(CO)c3F)c2cc1C. The Kier molecular flexibility index (Phi) is 2.99. The molecule has 0 aliphatic heterocycles. The van der Waals surface area contributed by atoms with Gasteiger partial charge in [-0.25, -0.2) is 14.4 Å². The zero-order valence-electron chi connectivity index (χ0n) is 11.3. The summed E-state index contributed by atoms with van der Waals surface area (Å²) < 4.78 is 15.9. The molecule has 3 rings (SSSR count). The number of imidazole rings is 1. The van der Waals surface area contributed by atoms with Crippen LogP contribution in [-0.2, 0) is 6.61 Å². The number of benzene rings is 1. The van der Waals surface area contributed by atoms with Crippen LogP contribution in [0, 0.1) is 19.7 Å². The van der Waals surface area contributed by atoms with E-state index in [1.165, 1.54) is 12.3 Å². The third-order valence-corrected chi connectivity index (χ3v) is 3.51. The van der Waals surface area contributed by atoms with E-state index >= 15 is 0 Å². The molecule has 0 atom stereocenters. The third kappa shape index (κ3) is 1.87. The number of rotatable bonds is 2. The maximum atomic E-state index is 14.3. The van der Waals surface area contributed by atoms with E-state index in [2.05, 4.69) is 9.97 Å². The Bertz CT molecular complexity index is 795. The lowest BCUT2D eigenvalue weighted by Gasteiger charge is -2.08. The van der Waals surface area contributed by atoms with Crippen molar-refractivity contribution in [3.05, 3.63) is 53.2 Å². The first-order valence-corrected chi connectivity index (χ1v) is 6.30. The Morgan fingerprint density at radius 2 is 1.95 bits per heavy atom. The first-order valence-electron chi connectivity index (χ1n) is 6.30. The van der Waals surface area contributed by atoms with Crippen LogP contribution in [0.15, 0.2) is 30.7 Å². The molecule has 0 fully saturated rings. The van der Waals surface area contributed by atoms with Crippen molar-refractivity contribution in [2.24, 2.45) is 0 Å². The van der Waals surface area contributed by atoms with Crippen molar-refractivity contribution in [3.8, 4) is 5.82 Å². The van der Waals surface area contributed by atoms with Gasteiger partial charge in [-0.15, -0.1) is 0 Å². The minimum absolute atomic E-state index is 0.155. The van der Waals surface area contributed by atoms with Crippen molar-refractivity contribution < 1.29 is 9.50 Å². The Labute approximate surface area is 115 Å². The van der Waals surface area contributed by atoms with Gasteiger partial charge < -0.3 is 5.11 Å². The number of fused-ring (bicyclic) bond motifs is 1. The van der Waals surface area contributed by atoms with Gasteiger partial charge in [0.15, 0.2) is 11.6 Å². The summed E-state index contributed by atoms with van der Waals surface area (Å²) in [5.41, 5.74) is 4.07.